The van der Waals surface area contributed by atoms with Crippen molar-refractivity contribution in [2.75, 3.05) is 14.2 Å². The van der Waals surface area contributed by atoms with Crippen molar-refractivity contribution in [2.45, 2.75) is 0 Å². The van der Waals surface area contributed by atoms with Crippen molar-refractivity contribution in [1.29, 1.82) is 0 Å². The Morgan fingerprint density at radius 1 is 1.36 bits per heavy atom. The van der Waals surface area contributed by atoms with Crippen molar-refractivity contribution in [3.8, 4) is 5.75 Å². The van der Waals surface area contributed by atoms with Crippen LogP contribution in [0.4, 0.5) is 5.69 Å². The summed E-state index contributed by atoms with van der Waals surface area (Å²) in [4.78, 5) is 0. The van der Waals surface area contributed by atoms with E-state index in [9.17, 15) is 0 Å². The topological polar surface area (TPSA) is 34.0 Å². The standard InChI is InChI=1S/C8H10N2O/c1-9-10-7-4-3-5-8(6-7)11-2/h3-6H,1-2H3. The van der Waals surface area contributed by atoms with Crippen LogP contribution in [-0.4, -0.2) is 14.2 Å². The molecule has 0 aromatic heterocycles. The van der Waals surface area contributed by atoms with Gasteiger partial charge in [-0.15, -0.1) is 0 Å². The summed E-state index contributed by atoms with van der Waals surface area (Å²) in [6, 6.07) is 7.44. The molecule has 0 aliphatic rings. The van der Waals surface area contributed by atoms with Gasteiger partial charge in [0.25, 0.3) is 0 Å². The van der Waals surface area contributed by atoms with Crippen LogP contribution in [0.3, 0.4) is 0 Å². The molecule has 0 heterocycles. The second-order valence-electron chi connectivity index (χ2n) is 2.00. The van der Waals surface area contributed by atoms with E-state index in [4.69, 9.17) is 4.74 Å². The molecular weight excluding hydrogens is 140 g/mol. The molecule has 0 spiro atoms. The van der Waals surface area contributed by atoms with Gasteiger partial charge in [-0.1, -0.05) is 6.07 Å². The highest BCUT2D eigenvalue weighted by Crippen LogP contribution is 2.19. The molecule has 0 atom stereocenters. The number of methoxy groups -OCH3 is 1. The first-order valence-electron chi connectivity index (χ1n) is 3.30. The molecule has 3 nitrogen and oxygen atoms in total. The van der Waals surface area contributed by atoms with Gasteiger partial charge in [0.1, 0.15) is 5.75 Å². The zero-order chi connectivity index (χ0) is 8.10. The first-order chi connectivity index (χ1) is 5.36. The predicted octanol–water partition coefficient (Wildman–Crippen LogP) is 2.41. The fourth-order valence-corrected chi connectivity index (χ4v) is 0.788. The molecule has 0 unspecified atom stereocenters. The third-order valence-corrected chi connectivity index (χ3v) is 1.27. The molecule has 0 fully saturated rings. The quantitative estimate of drug-likeness (QED) is 0.596. The third-order valence-electron chi connectivity index (χ3n) is 1.27. The second-order valence-corrected chi connectivity index (χ2v) is 2.00. The van der Waals surface area contributed by atoms with E-state index in [1.165, 1.54) is 0 Å². The Bertz CT molecular complexity index is 258. The summed E-state index contributed by atoms with van der Waals surface area (Å²) in [5.74, 6) is 0.801. The highest BCUT2D eigenvalue weighted by molar-refractivity contribution is 5.42. The fraction of sp³-hybridized carbons (Fsp3) is 0.250. The van der Waals surface area contributed by atoms with Crippen LogP contribution < -0.4 is 4.74 Å². The lowest BCUT2D eigenvalue weighted by Crippen LogP contribution is -1.79. The molecule has 0 aliphatic heterocycles. The molecule has 11 heavy (non-hydrogen) atoms. The van der Waals surface area contributed by atoms with E-state index in [1.54, 1.807) is 14.2 Å². The van der Waals surface area contributed by atoms with Gasteiger partial charge in [0.2, 0.25) is 0 Å². The molecule has 0 saturated carbocycles. The molecular formula is C8H10N2O. The van der Waals surface area contributed by atoms with Gasteiger partial charge in [-0.3, -0.25) is 0 Å². The van der Waals surface area contributed by atoms with Crippen molar-refractivity contribution in [3.05, 3.63) is 24.3 Å². The summed E-state index contributed by atoms with van der Waals surface area (Å²) >= 11 is 0. The Morgan fingerprint density at radius 3 is 2.82 bits per heavy atom. The van der Waals surface area contributed by atoms with Gasteiger partial charge in [-0.25, -0.2) is 0 Å². The number of rotatable bonds is 2. The van der Waals surface area contributed by atoms with Gasteiger partial charge >= 0.3 is 0 Å². The van der Waals surface area contributed by atoms with Crippen LogP contribution in [0.15, 0.2) is 34.5 Å². The summed E-state index contributed by atoms with van der Waals surface area (Å²) in [5, 5.41) is 7.51. The minimum Gasteiger partial charge on any atom is -0.497 e. The van der Waals surface area contributed by atoms with Gasteiger partial charge in [-0.2, -0.15) is 10.2 Å². The molecule has 1 aromatic carbocycles. The highest BCUT2D eigenvalue weighted by Gasteiger charge is 1.91. The van der Waals surface area contributed by atoms with E-state index < -0.39 is 0 Å². The third kappa shape index (κ3) is 2.04. The van der Waals surface area contributed by atoms with E-state index in [0.29, 0.717) is 0 Å². The van der Waals surface area contributed by atoms with Crippen LogP contribution >= 0.6 is 0 Å². The average molecular weight is 150 g/mol. The lowest BCUT2D eigenvalue weighted by molar-refractivity contribution is 0.415. The SMILES string of the molecule is CN=Nc1cccc(OC)c1. The van der Waals surface area contributed by atoms with Crippen LogP contribution in [0.1, 0.15) is 0 Å². The van der Waals surface area contributed by atoms with E-state index in [1.807, 2.05) is 24.3 Å². The molecule has 0 amide bonds. The second kappa shape index (κ2) is 3.71. The Kier molecular flexibility index (Phi) is 2.60. The fourth-order valence-electron chi connectivity index (χ4n) is 0.788. The maximum absolute atomic E-state index is 5.00. The average Bonchev–Trinajstić information content (AvgIpc) is 2.06. The summed E-state index contributed by atoms with van der Waals surface area (Å²) in [6.07, 6.45) is 0. The Labute approximate surface area is 65.7 Å². The van der Waals surface area contributed by atoms with Crippen molar-refractivity contribution in [1.82, 2.24) is 0 Å². The minimum absolute atomic E-state index is 0.801. The van der Waals surface area contributed by atoms with E-state index in [-0.39, 0.29) is 0 Å². The summed E-state index contributed by atoms with van der Waals surface area (Å²) in [6.45, 7) is 0. The van der Waals surface area contributed by atoms with Crippen molar-refractivity contribution >= 4 is 5.69 Å². The van der Waals surface area contributed by atoms with Crippen molar-refractivity contribution in [3.63, 3.8) is 0 Å². The van der Waals surface area contributed by atoms with E-state index >= 15 is 0 Å². The Balaban J connectivity index is 2.91. The molecule has 1 rings (SSSR count). The summed E-state index contributed by atoms with van der Waals surface area (Å²) in [5.41, 5.74) is 0.812. The monoisotopic (exact) mass is 150 g/mol. The largest absolute Gasteiger partial charge is 0.497 e. The Morgan fingerprint density at radius 2 is 2.18 bits per heavy atom. The zero-order valence-electron chi connectivity index (χ0n) is 6.61. The van der Waals surface area contributed by atoms with Crippen LogP contribution in [0.25, 0.3) is 0 Å². The van der Waals surface area contributed by atoms with Gasteiger partial charge in [0.15, 0.2) is 0 Å². The van der Waals surface area contributed by atoms with E-state index in [0.717, 1.165) is 11.4 Å². The summed E-state index contributed by atoms with van der Waals surface area (Å²) in [7, 11) is 3.27. The number of ether oxygens (including phenoxy) is 1. The first kappa shape index (κ1) is 7.72. The molecule has 0 aliphatic carbocycles. The van der Waals surface area contributed by atoms with Gasteiger partial charge in [0, 0.05) is 13.1 Å². The first-order valence-corrected chi connectivity index (χ1v) is 3.30. The molecule has 1 aromatic rings. The lowest BCUT2D eigenvalue weighted by Gasteiger charge is -1.97. The van der Waals surface area contributed by atoms with Crippen LogP contribution in [0.2, 0.25) is 0 Å². The molecule has 0 bridgehead atoms. The number of hydrogen-bond acceptors (Lipinski definition) is 3. The molecule has 0 radical (unpaired) electrons. The van der Waals surface area contributed by atoms with Crippen LogP contribution in [0, 0.1) is 0 Å². The maximum Gasteiger partial charge on any atom is 0.121 e. The van der Waals surface area contributed by atoms with Crippen LogP contribution in [-0.2, 0) is 0 Å². The normalized spacial score (nSPS) is 10.4. The van der Waals surface area contributed by atoms with Crippen molar-refractivity contribution < 1.29 is 4.74 Å². The summed E-state index contributed by atoms with van der Waals surface area (Å²) < 4.78 is 5.00. The van der Waals surface area contributed by atoms with Gasteiger partial charge < -0.3 is 4.74 Å². The predicted molar refractivity (Wildman–Crippen MR) is 43.4 cm³/mol. The van der Waals surface area contributed by atoms with Crippen molar-refractivity contribution in [2.24, 2.45) is 10.2 Å². The van der Waals surface area contributed by atoms with Gasteiger partial charge in [0.05, 0.1) is 12.8 Å². The number of hydrogen-bond donors (Lipinski definition) is 0. The molecule has 0 saturated heterocycles. The molecule has 0 N–H and O–H groups in total. The highest BCUT2D eigenvalue weighted by atomic mass is 16.5. The molecule has 58 valence electrons. The van der Waals surface area contributed by atoms with Gasteiger partial charge in [-0.05, 0) is 12.1 Å². The Hall–Kier alpha value is -1.38. The smallest absolute Gasteiger partial charge is 0.121 e. The molecule has 3 heteroatoms. The zero-order valence-corrected chi connectivity index (χ0v) is 6.61. The van der Waals surface area contributed by atoms with Crippen LogP contribution in [0.5, 0.6) is 5.75 Å². The van der Waals surface area contributed by atoms with E-state index in [2.05, 4.69) is 10.2 Å². The number of azo groups is 1. The minimum atomic E-state index is 0.801. The lowest BCUT2D eigenvalue weighted by atomic mass is 10.3. The number of benzene rings is 1. The number of nitrogens with zero attached hydrogens (tertiary/aromatic N) is 2. The maximum atomic E-state index is 5.00.